The largest absolute Gasteiger partial charge is 0.487 e. The number of anilines is 2. The van der Waals surface area contributed by atoms with Crippen molar-refractivity contribution in [3.05, 3.63) is 0 Å². The average Bonchev–Trinajstić information content (AvgIpc) is 2.98. The van der Waals surface area contributed by atoms with E-state index in [1.54, 1.807) is 0 Å². The molecule has 0 aliphatic heterocycles. The number of nitrogens with zero attached hydrogens (tertiary/aromatic N) is 1. The number of nitrogens with one attached hydrogen (secondary N) is 1. The second-order valence-electron chi connectivity index (χ2n) is 4.88. The highest BCUT2D eigenvalue weighted by Gasteiger charge is 2.15. The maximum absolute atomic E-state index is 5.77. The van der Waals surface area contributed by atoms with Crippen molar-refractivity contribution in [1.29, 1.82) is 0 Å². The molecule has 1 aliphatic carbocycles. The van der Waals surface area contributed by atoms with Crippen LogP contribution in [0.1, 0.15) is 45.4 Å². The fourth-order valence-electron chi connectivity index (χ4n) is 2.58. The molecular formula is C13H23N3OS. The van der Waals surface area contributed by atoms with E-state index in [4.69, 9.17) is 10.5 Å². The van der Waals surface area contributed by atoms with E-state index in [-0.39, 0.29) is 0 Å². The number of hydrogen-bond donors (Lipinski definition) is 2. The number of hydrogen-bond acceptors (Lipinski definition) is 5. The molecular weight excluding hydrogens is 246 g/mol. The van der Waals surface area contributed by atoms with Crippen molar-refractivity contribution < 1.29 is 4.74 Å². The molecule has 4 nitrogen and oxygen atoms in total. The van der Waals surface area contributed by atoms with Gasteiger partial charge in [0.15, 0.2) is 16.6 Å². The number of aromatic nitrogens is 1. The molecule has 18 heavy (non-hydrogen) atoms. The van der Waals surface area contributed by atoms with Crippen molar-refractivity contribution in [2.75, 3.05) is 24.2 Å². The predicted octanol–water partition coefficient (Wildman–Crippen LogP) is 3.51. The Bertz CT molecular complexity index is 361. The van der Waals surface area contributed by atoms with Crippen LogP contribution in [0.4, 0.5) is 10.8 Å². The normalized spacial score (nSPS) is 16.1. The van der Waals surface area contributed by atoms with E-state index >= 15 is 0 Å². The Morgan fingerprint density at radius 1 is 1.44 bits per heavy atom. The molecule has 1 saturated carbocycles. The molecule has 102 valence electrons. The number of rotatable bonds is 7. The van der Waals surface area contributed by atoms with Gasteiger partial charge >= 0.3 is 0 Å². The van der Waals surface area contributed by atoms with E-state index in [0.717, 1.165) is 23.2 Å². The lowest BCUT2D eigenvalue weighted by molar-refractivity contribution is 0.344. The van der Waals surface area contributed by atoms with Gasteiger partial charge in [-0.25, -0.2) is 0 Å². The van der Waals surface area contributed by atoms with Crippen molar-refractivity contribution in [1.82, 2.24) is 4.37 Å². The van der Waals surface area contributed by atoms with Crippen molar-refractivity contribution in [3.63, 3.8) is 0 Å². The highest BCUT2D eigenvalue weighted by Crippen LogP contribution is 2.35. The van der Waals surface area contributed by atoms with Gasteiger partial charge in [-0.2, -0.15) is 4.37 Å². The van der Waals surface area contributed by atoms with Gasteiger partial charge in [-0.15, -0.1) is 0 Å². The minimum atomic E-state index is 0.500. The van der Waals surface area contributed by atoms with Crippen LogP contribution in [0.5, 0.6) is 5.75 Å². The fraction of sp³-hybridized carbons (Fsp3) is 0.769. The van der Waals surface area contributed by atoms with E-state index in [1.165, 1.54) is 50.1 Å². The standard InChI is InChI=1S/C13H23N3OS/c1-2-17-11-12(14)16-18-13(11)15-9-5-8-10-6-3-4-7-10/h10,15H,2-9H2,1H3,(H2,14,16). The Balaban J connectivity index is 1.72. The number of nitrogen functional groups attached to an aromatic ring is 1. The molecule has 5 heteroatoms. The Morgan fingerprint density at radius 2 is 2.22 bits per heavy atom. The molecule has 1 heterocycles. The smallest absolute Gasteiger partial charge is 0.197 e. The minimum Gasteiger partial charge on any atom is -0.487 e. The summed E-state index contributed by atoms with van der Waals surface area (Å²) in [6.45, 7) is 3.57. The van der Waals surface area contributed by atoms with Crippen LogP contribution in [0.25, 0.3) is 0 Å². The molecule has 1 aromatic rings. The van der Waals surface area contributed by atoms with Crippen molar-refractivity contribution in [2.24, 2.45) is 5.92 Å². The summed E-state index contributed by atoms with van der Waals surface area (Å²) in [6.07, 6.45) is 8.27. The van der Waals surface area contributed by atoms with Gasteiger partial charge in [-0.3, -0.25) is 0 Å². The summed E-state index contributed by atoms with van der Waals surface area (Å²) in [5.74, 6) is 2.19. The quantitative estimate of drug-likeness (QED) is 0.744. The van der Waals surface area contributed by atoms with Gasteiger partial charge in [0.05, 0.1) is 6.61 Å². The highest BCUT2D eigenvalue weighted by atomic mass is 32.1. The summed E-state index contributed by atoms with van der Waals surface area (Å²) in [6, 6.07) is 0. The molecule has 0 unspecified atom stereocenters. The van der Waals surface area contributed by atoms with E-state index in [0.29, 0.717) is 12.4 Å². The average molecular weight is 269 g/mol. The molecule has 1 aliphatic rings. The highest BCUT2D eigenvalue weighted by molar-refractivity contribution is 7.11. The molecule has 1 fully saturated rings. The number of nitrogens with two attached hydrogens (primary N) is 1. The lowest BCUT2D eigenvalue weighted by Gasteiger charge is -2.10. The number of ether oxygens (including phenoxy) is 1. The van der Waals surface area contributed by atoms with E-state index < -0.39 is 0 Å². The molecule has 0 saturated heterocycles. The Hall–Kier alpha value is -0.970. The molecule has 0 atom stereocenters. The van der Waals surface area contributed by atoms with Crippen LogP contribution in [0.2, 0.25) is 0 Å². The van der Waals surface area contributed by atoms with Crippen LogP contribution in [-0.4, -0.2) is 17.5 Å². The van der Waals surface area contributed by atoms with Gasteiger partial charge < -0.3 is 15.8 Å². The monoisotopic (exact) mass is 269 g/mol. The first-order valence-electron chi connectivity index (χ1n) is 6.93. The second-order valence-corrected chi connectivity index (χ2v) is 5.65. The summed E-state index contributed by atoms with van der Waals surface area (Å²) >= 11 is 1.39. The second kappa shape index (κ2) is 6.83. The molecule has 0 bridgehead atoms. The van der Waals surface area contributed by atoms with Crippen molar-refractivity contribution in [3.8, 4) is 5.75 Å². The fourth-order valence-corrected chi connectivity index (χ4v) is 3.27. The van der Waals surface area contributed by atoms with Crippen LogP contribution in [0.3, 0.4) is 0 Å². The first-order valence-corrected chi connectivity index (χ1v) is 7.70. The molecule has 3 N–H and O–H groups in total. The third-order valence-electron chi connectivity index (χ3n) is 3.51. The molecule has 0 aromatic carbocycles. The van der Waals surface area contributed by atoms with Crippen LogP contribution < -0.4 is 15.8 Å². The van der Waals surface area contributed by atoms with Gasteiger partial charge in [-0.05, 0) is 37.2 Å². The Kier molecular flexibility index (Phi) is 5.11. The Morgan fingerprint density at radius 3 is 2.94 bits per heavy atom. The summed E-state index contributed by atoms with van der Waals surface area (Å²) in [5, 5.41) is 4.37. The zero-order chi connectivity index (χ0) is 12.8. The van der Waals surface area contributed by atoms with Crippen molar-refractivity contribution in [2.45, 2.75) is 45.4 Å². The summed E-state index contributed by atoms with van der Waals surface area (Å²) in [5.41, 5.74) is 5.77. The third kappa shape index (κ3) is 3.51. The molecule has 2 rings (SSSR count). The van der Waals surface area contributed by atoms with Crippen LogP contribution in [0.15, 0.2) is 0 Å². The minimum absolute atomic E-state index is 0.500. The summed E-state index contributed by atoms with van der Waals surface area (Å²) < 4.78 is 9.62. The van der Waals surface area contributed by atoms with Gasteiger partial charge in [0, 0.05) is 6.54 Å². The van der Waals surface area contributed by atoms with Crippen LogP contribution in [-0.2, 0) is 0 Å². The lowest BCUT2D eigenvalue weighted by Crippen LogP contribution is -2.05. The maximum Gasteiger partial charge on any atom is 0.197 e. The SMILES string of the molecule is CCOc1c(N)nsc1NCCCC1CCCC1. The van der Waals surface area contributed by atoms with Gasteiger partial charge in [0.1, 0.15) is 0 Å². The topological polar surface area (TPSA) is 60.2 Å². The molecule has 1 aromatic heterocycles. The molecule has 0 radical (unpaired) electrons. The van der Waals surface area contributed by atoms with Gasteiger partial charge in [-0.1, -0.05) is 25.7 Å². The first-order chi connectivity index (χ1) is 8.81. The van der Waals surface area contributed by atoms with E-state index in [2.05, 4.69) is 9.69 Å². The zero-order valence-corrected chi connectivity index (χ0v) is 11.9. The van der Waals surface area contributed by atoms with Gasteiger partial charge in [0.2, 0.25) is 0 Å². The van der Waals surface area contributed by atoms with Crippen LogP contribution >= 0.6 is 11.5 Å². The van der Waals surface area contributed by atoms with Crippen molar-refractivity contribution >= 4 is 22.4 Å². The van der Waals surface area contributed by atoms with E-state index in [9.17, 15) is 0 Å². The van der Waals surface area contributed by atoms with E-state index in [1.807, 2.05) is 6.92 Å². The third-order valence-corrected chi connectivity index (χ3v) is 4.31. The summed E-state index contributed by atoms with van der Waals surface area (Å²) in [4.78, 5) is 0. The van der Waals surface area contributed by atoms with Crippen LogP contribution in [0, 0.1) is 5.92 Å². The summed E-state index contributed by atoms with van der Waals surface area (Å²) in [7, 11) is 0. The Labute approximate surface area is 113 Å². The van der Waals surface area contributed by atoms with Gasteiger partial charge in [0.25, 0.3) is 0 Å². The molecule has 0 amide bonds. The first kappa shape index (κ1) is 13.5. The maximum atomic E-state index is 5.77. The predicted molar refractivity (Wildman–Crippen MR) is 77.4 cm³/mol. The lowest BCUT2D eigenvalue weighted by atomic mass is 10.0. The zero-order valence-electron chi connectivity index (χ0n) is 11.1. The molecule has 0 spiro atoms.